The molecule has 1 atom stereocenters. The number of hydrogen-bond donors (Lipinski definition) is 2. The first-order valence-corrected chi connectivity index (χ1v) is 8.81. The summed E-state index contributed by atoms with van der Waals surface area (Å²) >= 11 is 4.90. The lowest BCUT2D eigenvalue weighted by atomic mass is 9.97. The van der Waals surface area contributed by atoms with Crippen LogP contribution < -0.4 is 5.73 Å². The molecule has 0 saturated carbocycles. The first-order chi connectivity index (χ1) is 9.95. The topological polar surface area (TPSA) is 83.6 Å². The summed E-state index contributed by atoms with van der Waals surface area (Å²) in [6, 6.07) is 6.43. The average molecular weight is 328 g/mol. The normalized spacial score (nSPS) is 20.3. The van der Waals surface area contributed by atoms with Gasteiger partial charge in [0.2, 0.25) is 10.0 Å². The summed E-state index contributed by atoms with van der Waals surface area (Å²) in [5.41, 5.74) is 6.11. The predicted molar refractivity (Wildman–Crippen MR) is 85.5 cm³/mol. The first-order valence-electron chi connectivity index (χ1n) is 6.96. The molecule has 1 heterocycles. The molecule has 7 heteroatoms. The molecule has 1 aromatic carbocycles. The van der Waals surface area contributed by atoms with Crippen LogP contribution in [0.5, 0.6) is 0 Å². The molecule has 21 heavy (non-hydrogen) atoms. The maximum Gasteiger partial charge on any atom is 0.243 e. The molecule has 0 aliphatic carbocycles. The largest absolute Gasteiger partial charge is 0.396 e. The average Bonchev–Trinajstić information content (AvgIpc) is 2.48. The molecular formula is C14H20N2O3S2. The van der Waals surface area contributed by atoms with Crippen LogP contribution >= 0.6 is 12.2 Å². The van der Waals surface area contributed by atoms with Gasteiger partial charge in [-0.25, -0.2) is 8.42 Å². The minimum absolute atomic E-state index is 0.0927. The first kappa shape index (κ1) is 16.4. The summed E-state index contributed by atoms with van der Waals surface area (Å²) < 4.78 is 26.9. The second-order valence-corrected chi connectivity index (χ2v) is 7.65. The van der Waals surface area contributed by atoms with Crippen LogP contribution in [0.2, 0.25) is 0 Å². The van der Waals surface area contributed by atoms with Crippen molar-refractivity contribution in [3.8, 4) is 0 Å². The molecule has 2 rings (SSSR count). The number of piperidine rings is 1. The van der Waals surface area contributed by atoms with Crippen molar-refractivity contribution in [2.24, 2.45) is 11.7 Å². The van der Waals surface area contributed by atoms with Gasteiger partial charge in [0.25, 0.3) is 0 Å². The molecule has 1 saturated heterocycles. The highest BCUT2D eigenvalue weighted by Crippen LogP contribution is 2.25. The maximum absolute atomic E-state index is 12.7. The lowest BCUT2D eigenvalue weighted by molar-refractivity contribution is 0.203. The summed E-state index contributed by atoms with van der Waals surface area (Å²) in [6.07, 6.45) is 2.41. The summed E-state index contributed by atoms with van der Waals surface area (Å²) in [5.74, 6) is 0.220. The Bertz CT molecular complexity index is 614. The molecule has 5 nitrogen and oxygen atoms in total. The van der Waals surface area contributed by atoms with Gasteiger partial charge in [-0.15, -0.1) is 0 Å². The molecular weight excluding hydrogens is 308 g/mol. The van der Waals surface area contributed by atoms with E-state index in [1.54, 1.807) is 18.2 Å². The van der Waals surface area contributed by atoms with E-state index >= 15 is 0 Å². The molecule has 1 aromatic rings. The molecule has 1 aliphatic rings. The van der Waals surface area contributed by atoms with Crippen LogP contribution in [-0.4, -0.2) is 42.5 Å². The van der Waals surface area contributed by atoms with Crippen LogP contribution in [0.4, 0.5) is 0 Å². The van der Waals surface area contributed by atoms with E-state index in [1.165, 1.54) is 10.4 Å². The molecule has 1 aliphatic heterocycles. The third-order valence-corrected chi connectivity index (χ3v) is 5.87. The molecule has 1 unspecified atom stereocenters. The van der Waals surface area contributed by atoms with Gasteiger partial charge in [0.15, 0.2) is 0 Å². The Morgan fingerprint density at radius 3 is 2.90 bits per heavy atom. The SMILES string of the molecule is NC(=S)c1cccc(S(=O)(=O)N2CCCC(CCO)C2)c1. The van der Waals surface area contributed by atoms with E-state index in [0.717, 1.165) is 12.8 Å². The molecule has 0 spiro atoms. The molecule has 1 fully saturated rings. The second-order valence-electron chi connectivity index (χ2n) is 5.28. The van der Waals surface area contributed by atoms with Crippen LogP contribution in [0, 0.1) is 5.92 Å². The van der Waals surface area contributed by atoms with Gasteiger partial charge in [0, 0.05) is 25.3 Å². The van der Waals surface area contributed by atoms with Crippen molar-refractivity contribution in [1.29, 1.82) is 0 Å². The van der Waals surface area contributed by atoms with E-state index in [0.29, 0.717) is 25.1 Å². The zero-order chi connectivity index (χ0) is 15.5. The number of benzene rings is 1. The number of nitrogens with two attached hydrogens (primary N) is 1. The number of aliphatic hydroxyl groups excluding tert-OH is 1. The van der Waals surface area contributed by atoms with Gasteiger partial charge >= 0.3 is 0 Å². The van der Waals surface area contributed by atoms with Crippen molar-refractivity contribution in [3.63, 3.8) is 0 Å². The van der Waals surface area contributed by atoms with Crippen LogP contribution in [0.25, 0.3) is 0 Å². The van der Waals surface area contributed by atoms with Gasteiger partial charge in [0.05, 0.1) is 4.90 Å². The number of rotatable bonds is 5. The summed E-state index contributed by atoms with van der Waals surface area (Å²) in [4.78, 5) is 0.404. The van der Waals surface area contributed by atoms with Crippen LogP contribution in [0.1, 0.15) is 24.8 Å². The minimum atomic E-state index is -3.53. The van der Waals surface area contributed by atoms with Crippen LogP contribution in [0.15, 0.2) is 29.2 Å². The maximum atomic E-state index is 12.7. The van der Waals surface area contributed by atoms with Gasteiger partial charge in [-0.1, -0.05) is 24.4 Å². The van der Waals surface area contributed by atoms with Gasteiger partial charge in [-0.3, -0.25) is 0 Å². The van der Waals surface area contributed by atoms with E-state index in [4.69, 9.17) is 23.1 Å². The minimum Gasteiger partial charge on any atom is -0.396 e. The number of thiocarbonyl (C=S) groups is 1. The second kappa shape index (κ2) is 6.83. The summed E-state index contributed by atoms with van der Waals surface area (Å²) in [5, 5.41) is 9.03. The van der Waals surface area contributed by atoms with Gasteiger partial charge in [0.1, 0.15) is 4.99 Å². The Hall–Kier alpha value is -1.02. The van der Waals surface area contributed by atoms with Gasteiger partial charge < -0.3 is 10.8 Å². The third kappa shape index (κ3) is 3.79. The Morgan fingerprint density at radius 1 is 1.48 bits per heavy atom. The van der Waals surface area contributed by atoms with Crippen molar-refractivity contribution >= 4 is 27.2 Å². The highest BCUT2D eigenvalue weighted by molar-refractivity contribution is 7.89. The number of sulfonamides is 1. The van der Waals surface area contributed by atoms with Crippen molar-refractivity contribution in [2.45, 2.75) is 24.2 Å². The van der Waals surface area contributed by atoms with Gasteiger partial charge in [-0.05, 0) is 37.3 Å². The lowest BCUT2D eigenvalue weighted by Gasteiger charge is -2.31. The van der Waals surface area contributed by atoms with Crippen molar-refractivity contribution in [2.75, 3.05) is 19.7 Å². The summed E-state index contributed by atoms with van der Waals surface area (Å²) in [7, 11) is -3.53. The zero-order valence-electron chi connectivity index (χ0n) is 11.7. The van der Waals surface area contributed by atoms with E-state index in [2.05, 4.69) is 0 Å². The van der Waals surface area contributed by atoms with Crippen LogP contribution in [0.3, 0.4) is 0 Å². The van der Waals surface area contributed by atoms with E-state index in [9.17, 15) is 8.42 Å². The molecule has 3 N–H and O–H groups in total. The Kier molecular flexibility index (Phi) is 5.32. The fraction of sp³-hybridized carbons (Fsp3) is 0.500. The van der Waals surface area contributed by atoms with E-state index in [1.807, 2.05) is 0 Å². The third-order valence-electron chi connectivity index (χ3n) is 3.78. The van der Waals surface area contributed by atoms with Crippen molar-refractivity contribution in [3.05, 3.63) is 29.8 Å². The fourth-order valence-electron chi connectivity index (χ4n) is 2.62. The molecule has 116 valence electrons. The molecule has 0 amide bonds. The summed E-state index contributed by atoms with van der Waals surface area (Å²) in [6.45, 7) is 1.07. The number of nitrogens with zero attached hydrogens (tertiary/aromatic N) is 1. The van der Waals surface area contributed by atoms with Crippen molar-refractivity contribution < 1.29 is 13.5 Å². The highest BCUT2D eigenvalue weighted by atomic mass is 32.2. The molecule has 0 radical (unpaired) electrons. The van der Waals surface area contributed by atoms with E-state index in [-0.39, 0.29) is 22.4 Å². The van der Waals surface area contributed by atoms with Gasteiger partial charge in [-0.2, -0.15) is 4.31 Å². The van der Waals surface area contributed by atoms with Crippen molar-refractivity contribution in [1.82, 2.24) is 4.31 Å². The Labute approximate surface area is 130 Å². The number of hydrogen-bond acceptors (Lipinski definition) is 4. The lowest BCUT2D eigenvalue weighted by Crippen LogP contribution is -2.40. The molecule has 0 aromatic heterocycles. The smallest absolute Gasteiger partial charge is 0.243 e. The predicted octanol–water partition coefficient (Wildman–Crippen LogP) is 1.10. The highest BCUT2D eigenvalue weighted by Gasteiger charge is 2.30. The standard InChI is InChI=1S/C14H20N2O3S2/c15-14(20)12-4-1-5-13(9-12)21(18,19)16-7-2-3-11(10-16)6-8-17/h1,4-5,9,11,17H,2-3,6-8,10H2,(H2,15,20). The quantitative estimate of drug-likeness (QED) is 0.791. The zero-order valence-corrected chi connectivity index (χ0v) is 13.4. The fourth-order valence-corrected chi connectivity index (χ4v) is 4.35. The Balaban J connectivity index is 2.25. The monoisotopic (exact) mass is 328 g/mol. The Morgan fingerprint density at radius 2 is 2.24 bits per heavy atom. The van der Waals surface area contributed by atoms with Crippen LogP contribution in [-0.2, 0) is 10.0 Å². The number of aliphatic hydroxyl groups is 1. The molecule has 0 bridgehead atoms. The van der Waals surface area contributed by atoms with E-state index < -0.39 is 10.0 Å².